The minimum Gasteiger partial charge on any atom is -0.251 e. The largest absolute Gasteiger partial charge is 0.251 e. The van der Waals surface area contributed by atoms with Gasteiger partial charge in [-0.1, -0.05) is 41.4 Å². The highest BCUT2D eigenvalue weighted by atomic mass is 35.5. The molecule has 0 atom stereocenters. The molecule has 1 aromatic heterocycles. The Morgan fingerprint density at radius 1 is 1.29 bits per heavy atom. The lowest BCUT2D eigenvalue weighted by atomic mass is 10.2. The standard InChI is InChI=1S/C16H15ClN4/c1-11-4-6-13(7-5-11)10-19-21(3)15-8-12(2)14(9-18)16(17)20-15/h4-8,10H,1-3H3/b19-10+. The first-order chi connectivity index (χ1) is 10.0. The van der Waals surface area contributed by atoms with Gasteiger partial charge in [0.15, 0.2) is 5.82 Å². The van der Waals surface area contributed by atoms with Crippen molar-refractivity contribution in [3.05, 3.63) is 57.7 Å². The number of aromatic nitrogens is 1. The van der Waals surface area contributed by atoms with Gasteiger partial charge in [-0.2, -0.15) is 10.4 Å². The van der Waals surface area contributed by atoms with E-state index < -0.39 is 0 Å². The van der Waals surface area contributed by atoms with Crippen LogP contribution in [0.3, 0.4) is 0 Å². The monoisotopic (exact) mass is 298 g/mol. The summed E-state index contributed by atoms with van der Waals surface area (Å²) >= 11 is 6.00. The predicted molar refractivity (Wildman–Crippen MR) is 85.9 cm³/mol. The molecule has 0 N–H and O–H groups in total. The van der Waals surface area contributed by atoms with E-state index in [-0.39, 0.29) is 5.15 Å². The second-order valence-electron chi connectivity index (χ2n) is 4.75. The van der Waals surface area contributed by atoms with Crippen LogP contribution in [0.2, 0.25) is 5.15 Å². The molecule has 0 saturated heterocycles. The summed E-state index contributed by atoms with van der Waals surface area (Å²) in [7, 11) is 1.79. The van der Waals surface area contributed by atoms with E-state index in [1.165, 1.54) is 5.56 Å². The lowest BCUT2D eigenvalue weighted by Gasteiger charge is -2.13. The fraction of sp³-hybridized carbons (Fsp3) is 0.188. The molecule has 0 radical (unpaired) electrons. The van der Waals surface area contributed by atoms with Crippen LogP contribution in [-0.2, 0) is 0 Å². The van der Waals surface area contributed by atoms with Crippen LogP contribution in [0.5, 0.6) is 0 Å². The first-order valence-electron chi connectivity index (χ1n) is 6.43. The number of hydrogen-bond donors (Lipinski definition) is 0. The molecule has 1 heterocycles. The van der Waals surface area contributed by atoms with Gasteiger partial charge < -0.3 is 0 Å². The van der Waals surface area contributed by atoms with E-state index in [2.05, 4.69) is 10.1 Å². The number of hydrogen-bond acceptors (Lipinski definition) is 4. The number of nitrogens with zero attached hydrogens (tertiary/aromatic N) is 4. The number of nitriles is 1. The Labute approximate surface area is 129 Å². The van der Waals surface area contributed by atoms with E-state index in [1.807, 2.05) is 44.2 Å². The van der Waals surface area contributed by atoms with Crippen LogP contribution in [0.4, 0.5) is 5.82 Å². The molecular weight excluding hydrogens is 284 g/mol. The Morgan fingerprint density at radius 2 is 1.95 bits per heavy atom. The van der Waals surface area contributed by atoms with Crippen molar-refractivity contribution < 1.29 is 0 Å². The third-order valence-corrected chi connectivity index (χ3v) is 3.33. The minimum atomic E-state index is 0.199. The Bertz CT molecular complexity index is 691. The van der Waals surface area contributed by atoms with Gasteiger partial charge in [0.05, 0.1) is 11.8 Å². The Hall–Kier alpha value is -2.38. The van der Waals surface area contributed by atoms with Crippen LogP contribution in [0.25, 0.3) is 0 Å². The highest BCUT2D eigenvalue weighted by molar-refractivity contribution is 6.30. The van der Waals surface area contributed by atoms with Gasteiger partial charge in [-0.3, -0.25) is 5.01 Å². The lowest BCUT2D eigenvalue weighted by molar-refractivity contribution is 0.978. The van der Waals surface area contributed by atoms with Crippen molar-refractivity contribution in [1.82, 2.24) is 4.98 Å². The SMILES string of the molecule is Cc1ccc(/C=N/N(C)c2cc(C)c(C#N)c(Cl)n2)cc1. The van der Waals surface area contributed by atoms with Gasteiger partial charge in [0, 0.05) is 7.05 Å². The summed E-state index contributed by atoms with van der Waals surface area (Å²) in [5, 5.41) is 15.1. The molecule has 5 heteroatoms. The highest BCUT2D eigenvalue weighted by Gasteiger charge is 2.09. The summed E-state index contributed by atoms with van der Waals surface area (Å²) in [4.78, 5) is 4.19. The maximum atomic E-state index is 8.99. The van der Waals surface area contributed by atoms with Crippen LogP contribution < -0.4 is 5.01 Å². The smallest absolute Gasteiger partial charge is 0.150 e. The Morgan fingerprint density at radius 3 is 2.52 bits per heavy atom. The van der Waals surface area contributed by atoms with Gasteiger partial charge in [0.2, 0.25) is 0 Å². The molecule has 0 aliphatic carbocycles. The van der Waals surface area contributed by atoms with Crippen molar-refractivity contribution in [3.8, 4) is 6.07 Å². The molecular formula is C16H15ClN4. The summed E-state index contributed by atoms with van der Waals surface area (Å²) in [6, 6.07) is 11.9. The van der Waals surface area contributed by atoms with Crippen LogP contribution in [0.15, 0.2) is 35.4 Å². The summed E-state index contributed by atoms with van der Waals surface area (Å²) in [6.07, 6.45) is 1.75. The van der Waals surface area contributed by atoms with Crippen molar-refractivity contribution in [2.45, 2.75) is 13.8 Å². The topological polar surface area (TPSA) is 52.3 Å². The Balaban J connectivity index is 2.23. The number of halogens is 1. The lowest BCUT2D eigenvalue weighted by Crippen LogP contribution is -2.11. The van der Waals surface area contributed by atoms with Gasteiger partial charge in [0.25, 0.3) is 0 Å². The van der Waals surface area contributed by atoms with Gasteiger partial charge in [-0.05, 0) is 31.0 Å². The number of anilines is 1. The minimum absolute atomic E-state index is 0.199. The zero-order chi connectivity index (χ0) is 15.4. The van der Waals surface area contributed by atoms with E-state index in [4.69, 9.17) is 16.9 Å². The molecule has 0 bridgehead atoms. The molecule has 0 amide bonds. The molecule has 106 valence electrons. The van der Waals surface area contributed by atoms with Gasteiger partial charge in [-0.15, -0.1) is 0 Å². The molecule has 0 saturated carbocycles. The van der Waals surface area contributed by atoms with E-state index in [0.29, 0.717) is 11.4 Å². The third kappa shape index (κ3) is 3.59. The van der Waals surface area contributed by atoms with E-state index >= 15 is 0 Å². The van der Waals surface area contributed by atoms with E-state index in [1.54, 1.807) is 24.3 Å². The molecule has 2 aromatic rings. The summed E-state index contributed by atoms with van der Waals surface area (Å²) in [5.74, 6) is 0.597. The van der Waals surface area contributed by atoms with Gasteiger partial charge in [-0.25, -0.2) is 4.98 Å². The van der Waals surface area contributed by atoms with Crippen LogP contribution in [0, 0.1) is 25.2 Å². The van der Waals surface area contributed by atoms with Crippen LogP contribution in [-0.4, -0.2) is 18.2 Å². The van der Waals surface area contributed by atoms with Crippen molar-refractivity contribution in [1.29, 1.82) is 5.26 Å². The quantitative estimate of drug-likeness (QED) is 0.493. The zero-order valence-electron chi connectivity index (χ0n) is 12.1. The van der Waals surface area contributed by atoms with Crippen LogP contribution >= 0.6 is 11.6 Å². The summed E-state index contributed by atoms with van der Waals surface area (Å²) < 4.78 is 0. The maximum Gasteiger partial charge on any atom is 0.150 e. The van der Waals surface area contributed by atoms with Crippen molar-refractivity contribution >= 4 is 23.6 Å². The average Bonchev–Trinajstić information content (AvgIpc) is 2.46. The summed E-state index contributed by atoms with van der Waals surface area (Å²) in [6.45, 7) is 3.87. The van der Waals surface area contributed by atoms with Crippen molar-refractivity contribution in [2.24, 2.45) is 5.10 Å². The predicted octanol–water partition coefficient (Wildman–Crippen LogP) is 3.69. The van der Waals surface area contributed by atoms with E-state index in [0.717, 1.165) is 11.1 Å². The highest BCUT2D eigenvalue weighted by Crippen LogP contribution is 2.22. The number of hydrazone groups is 1. The molecule has 21 heavy (non-hydrogen) atoms. The zero-order valence-corrected chi connectivity index (χ0v) is 12.9. The molecule has 0 unspecified atom stereocenters. The Kier molecular flexibility index (Phi) is 4.56. The second-order valence-corrected chi connectivity index (χ2v) is 5.11. The van der Waals surface area contributed by atoms with Crippen molar-refractivity contribution in [3.63, 3.8) is 0 Å². The fourth-order valence-corrected chi connectivity index (χ4v) is 2.06. The molecule has 0 aliphatic rings. The third-order valence-electron chi connectivity index (χ3n) is 3.06. The normalized spacial score (nSPS) is 10.6. The molecule has 4 nitrogen and oxygen atoms in total. The first kappa shape index (κ1) is 15.0. The number of aryl methyl sites for hydroxylation is 2. The first-order valence-corrected chi connectivity index (χ1v) is 6.80. The van der Waals surface area contributed by atoms with E-state index in [9.17, 15) is 0 Å². The molecule has 0 spiro atoms. The van der Waals surface area contributed by atoms with Crippen molar-refractivity contribution in [2.75, 3.05) is 12.1 Å². The van der Waals surface area contributed by atoms with Gasteiger partial charge >= 0.3 is 0 Å². The molecule has 0 aliphatic heterocycles. The summed E-state index contributed by atoms with van der Waals surface area (Å²) in [5.41, 5.74) is 3.39. The maximum absolute atomic E-state index is 8.99. The number of rotatable bonds is 3. The fourth-order valence-electron chi connectivity index (χ4n) is 1.78. The van der Waals surface area contributed by atoms with Gasteiger partial charge in [0.1, 0.15) is 11.2 Å². The molecule has 2 rings (SSSR count). The average molecular weight is 299 g/mol. The van der Waals surface area contributed by atoms with Crippen LogP contribution in [0.1, 0.15) is 22.3 Å². The second kappa shape index (κ2) is 6.38. The number of benzene rings is 1. The molecule has 0 fully saturated rings. The molecule has 1 aromatic carbocycles. The number of pyridine rings is 1.